The van der Waals surface area contributed by atoms with E-state index in [4.69, 9.17) is 0 Å². The lowest BCUT2D eigenvalue weighted by Crippen LogP contribution is -2.34. The van der Waals surface area contributed by atoms with Gasteiger partial charge in [-0.15, -0.1) is 11.3 Å². The van der Waals surface area contributed by atoms with Gasteiger partial charge in [0.2, 0.25) is 0 Å². The van der Waals surface area contributed by atoms with Crippen molar-refractivity contribution < 1.29 is 4.79 Å². The molecule has 0 fully saturated rings. The molecule has 0 bridgehead atoms. The summed E-state index contributed by atoms with van der Waals surface area (Å²) in [6.07, 6.45) is 0.977. The molecule has 1 aromatic heterocycles. The van der Waals surface area contributed by atoms with Crippen LogP contribution in [-0.4, -0.2) is 44.0 Å². The second-order valence-electron chi connectivity index (χ2n) is 6.06. The summed E-state index contributed by atoms with van der Waals surface area (Å²) in [5, 5.41) is 4.03. The molecule has 1 aliphatic rings. The van der Waals surface area contributed by atoms with Gasteiger partial charge in [-0.1, -0.05) is 26.0 Å². The van der Waals surface area contributed by atoms with E-state index in [2.05, 4.69) is 41.2 Å². The minimum Gasteiger partial charge on any atom is -0.342 e. The number of thiophene rings is 1. The zero-order valence-electron chi connectivity index (χ0n) is 14.7. The van der Waals surface area contributed by atoms with Crippen LogP contribution in [0.15, 0.2) is 35.0 Å². The first-order valence-electron chi connectivity index (χ1n) is 8.60. The van der Waals surface area contributed by atoms with E-state index in [0.717, 1.165) is 55.2 Å². The van der Waals surface area contributed by atoms with E-state index in [9.17, 15) is 4.79 Å². The van der Waals surface area contributed by atoms with Gasteiger partial charge >= 0.3 is 0 Å². The lowest BCUT2D eigenvalue weighted by Gasteiger charge is -2.26. The molecule has 5 heteroatoms. The van der Waals surface area contributed by atoms with Crippen molar-refractivity contribution in [3.63, 3.8) is 0 Å². The molecule has 0 saturated heterocycles. The first-order chi connectivity index (χ1) is 11.7. The largest absolute Gasteiger partial charge is 0.342 e. The molecule has 4 nitrogen and oxygen atoms in total. The number of anilines is 3. The molecule has 0 atom stereocenters. The Morgan fingerprint density at radius 1 is 1.04 bits per heavy atom. The maximum absolute atomic E-state index is 13.1. The van der Waals surface area contributed by atoms with Crippen LogP contribution in [-0.2, 0) is 0 Å². The molecule has 3 rings (SSSR count). The van der Waals surface area contributed by atoms with Gasteiger partial charge in [0.1, 0.15) is 0 Å². The van der Waals surface area contributed by atoms with Gasteiger partial charge in [-0.3, -0.25) is 4.79 Å². The summed E-state index contributed by atoms with van der Waals surface area (Å²) in [6.45, 7) is 8.24. The number of benzene rings is 1. The number of hydrogen-bond acceptors (Lipinski definition) is 4. The molecule has 0 saturated carbocycles. The summed E-state index contributed by atoms with van der Waals surface area (Å²) in [5.41, 5.74) is 3.90. The molecular weight excluding hydrogens is 318 g/mol. The third-order valence-corrected chi connectivity index (χ3v) is 5.49. The Hall–Kier alpha value is -1.85. The van der Waals surface area contributed by atoms with Gasteiger partial charge < -0.3 is 14.7 Å². The number of carbonyl (C=O) groups excluding carboxylic acids is 1. The third kappa shape index (κ3) is 3.06. The van der Waals surface area contributed by atoms with Crippen LogP contribution in [0.1, 0.15) is 30.6 Å². The Balaban J connectivity index is 1.90. The van der Waals surface area contributed by atoms with Gasteiger partial charge in [0.25, 0.3) is 5.91 Å². The second-order valence-corrected chi connectivity index (χ2v) is 6.80. The Kier molecular flexibility index (Phi) is 5.21. The van der Waals surface area contributed by atoms with Gasteiger partial charge in [0, 0.05) is 24.4 Å². The summed E-state index contributed by atoms with van der Waals surface area (Å²) in [7, 11) is 2.04. The zero-order valence-corrected chi connectivity index (χ0v) is 15.5. The highest BCUT2D eigenvalue weighted by molar-refractivity contribution is 7.08. The molecule has 128 valence electrons. The molecule has 0 unspecified atom stereocenters. The van der Waals surface area contributed by atoms with E-state index in [1.165, 1.54) is 0 Å². The van der Waals surface area contributed by atoms with Gasteiger partial charge in [-0.05, 0) is 38.2 Å². The quantitative estimate of drug-likeness (QED) is 0.786. The van der Waals surface area contributed by atoms with Crippen molar-refractivity contribution in [2.45, 2.75) is 20.3 Å². The van der Waals surface area contributed by atoms with E-state index in [0.29, 0.717) is 0 Å². The molecule has 1 aromatic carbocycles. The van der Waals surface area contributed by atoms with Crippen molar-refractivity contribution in [3.8, 4) is 0 Å². The normalized spacial score (nSPS) is 13.9. The van der Waals surface area contributed by atoms with Crippen molar-refractivity contribution in [1.29, 1.82) is 0 Å². The van der Waals surface area contributed by atoms with E-state index >= 15 is 0 Å². The first kappa shape index (κ1) is 17.0. The summed E-state index contributed by atoms with van der Waals surface area (Å²) >= 11 is 1.59. The maximum Gasteiger partial charge on any atom is 0.261 e. The average Bonchev–Trinajstić information content (AvgIpc) is 3.08. The van der Waals surface area contributed by atoms with Crippen LogP contribution < -0.4 is 9.80 Å². The number of rotatable bonds is 6. The molecule has 1 amide bonds. The monoisotopic (exact) mass is 343 g/mol. The average molecular weight is 343 g/mol. The number of amides is 1. The van der Waals surface area contributed by atoms with Crippen molar-refractivity contribution in [2.24, 2.45) is 0 Å². The van der Waals surface area contributed by atoms with Crippen LogP contribution in [0.4, 0.5) is 17.1 Å². The number of fused-ring (bicyclic) bond motifs is 2. The third-order valence-electron chi connectivity index (χ3n) is 4.76. The molecule has 1 aliphatic heterocycles. The zero-order chi connectivity index (χ0) is 17.1. The van der Waals surface area contributed by atoms with E-state index < -0.39 is 0 Å². The highest BCUT2D eigenvalue weighted by Gasteiger charge is 2.29. The molecule has 24 heavy (non-hydrogen) atoms. The van der Waals surface area contributed by atoms with E-state index in [1.807, 2.05) is 29.5 Å². The van der Waals surface area contributed by atoms with E-state index in [-0.39, 0.29) is 5.91 Å². The summed E-state index contributed by atoms with van der Waals surface area (Å²) < 4.78 is 0. The van der Waals surface area contributed by atoms with E-state index in [1.54, 1.807) is 11.3 Å². The highest BCUT2D eigenvalue weighted by Crippen LogP contribution is 2.40. The highest BCUT2D eigenvalue weighted by atomic mass is 32.1. The minimum atomic E-state index is 0.114. The van der Waals surface area contributed by atoms with Gasteiger partial charge in [-0.2, -0.15) is 0 Å². The predicted octanol–water partition coefficient (Wildman–Crippen LogP) is 4.21. The summed E-state index contributed by atoms with van der Waals surface area (Å²) in [5.74, 6) is 0.114. The number of nitrogens with zero attached hydrogens (tertiary/aromatic N) is 3. The smallest absolute Gasteiger partial charge is 0.261 e. The van der Waals surface area contributed by atoms with Crippen molar-refractivity contribution in [2.75, 3.05) is 43.0 Å². The SMILES string of the molecule is CCN(CC)CCCN1C(=O)c2cscc2N(C)c2ccccc21. The Morgan fingerprint density at radius 3 is 2.46 bits per heavy atom. The fourth-order valence-electron chi connectivity index (χ4n) is 3.28. The van der Waals surface area contributed by atoms with Crippen molar-refractivity contribution >= 4 is 34.3 Å². The number of para-hydroxylation sites is 2. The molecule has 2 heterocycles. The standard InChI is InChI=1S/C19H25N3OS/c1-4-21(5-2)11-8-12-22-17-10-7-6-9-16(17)20(3)18-14-24-13-15(18)19(22)23/h6-7,9-10,13-14H,4-5,8,11-12H2,1-3H3. The second kappa shape index (κ2) is 7.36. The fourth-order valence-corrected chi connectivity index (χ4v) is 4.12. The van der Waals surface area contributed by atoms with Crippen LogP contribution in [0, 0.1) is 0 Å². The molecular formula is C19H25N3OS. The minimum absolute atomic E-state index is 0.114. The Bertz CT molecular complexity index is 708. The van der Waals surface area contributed by atoms with Gasteiger partial charge in [-0.25, -0.2) is 0 Å². The number of carbonyl (C=O) groups is 1. The molecule has 0 N–H and O–H groups in total. The van der Waals surface area contributed by atoms with Crippen LogP contribution in [0.5, 0.6) is 0 Å². The summed E-state index contributed by atoms with van der Waals surface area (Å²) in [4.78, 5) is 19.6. The molecule has 2 aromatic rings. The van der Waals surface area contributed by atoms with Gasteiger partial charge in [0.05, 0.1) is 22.6 Å². The first-order valence-corrected chi connectivity index (χ1v) is 9.54. The van der Waals surface area contributed by atoms with Crippen LogP contribution in [0.3, 0.4) is 0 Å². The van der Waals surface area contributed by atoms with Gasteiger partial charge in [0.15, 0.2) is 0 Å². The lowest BCUT2D eigenvalue weighted by atomic mass is 10.2. The Morgan fingerprint density at radius 2 is 1.75 bits per heavy atom. The van der Waals surface area contributed by atoms with Crippen LogP contribution in [0.2, 0.25) is 0 Å². The molecule has 0 aliphatic carbocycles. The van der Waals surface area contributed by atoms with Crippen molar-refractivity contribution in [1.82, 2.24) is 4.90 Å². The lowest BCUT2D eigenvalue weighted by molar-refractivity contribution is 0.0987. The maximum atomic E-state index is 13.1. The topological polar surface area (TPSA) is 26.8 Å². The fraction of sp³-hybridized carbons (Fsp3) is 0.421. The molecule has 0 spiro atoms. The Labute approximate surface area is 148 Å². The summed E-state index contributed by atoms with van der Waals surface area (Å²) in [6, 6.07) is 8.18. The van der Waals surface area contributed by atoms with Crippen molar-refractivity contribution in [3.05, 3.63) is 40.6 Å². The molecule has 0 radical (unpaired) electrons. The predicted molar refractivity (Wildman–Crippen MR) is 103 cm³/mol. The number of hydrogen-bond donors (Lipinski definition) is 0. The van der Waals surface area contributed by atoms with Crippen LogP contribution in [0.25, 0.3) is 0 Å². The van der Waals surface area contributed by atoms with Crippen LogP contribution >= 0.6 is 11.3 Å².